The lowest BCUT2D eigenvalue weighted by Gasteiger charge is -2.01. The van der Waals surface area contributed by atoms with Gasteiger partial charge in [-0.05, 0) is 37.3 Å². The first-order valence-electron chi connectivity index (χ1n) is 5.43. The van der Waals surface area contributed by atoms with Crippen LogP contribution in [0.1, 0.15) is 9.88 Å². The molecular formula is C12H10ClN3S2. The fourth-order valence-corrected chi connectivity index (χ4v) is 3.16. The van der Waals surface area contributed by atoms with E-state index in [2.05, 4.69) is 14.5 Å². The topological polar surface area (TPSA) is 33.6 Å². The van der Waals surface area contributed by atoms with Crippen LogP contribution in [-0.4, -0.2) is 14.5 Å². The molecule has 3 nitrogen and oxygen atoms in total. The van der Waals surface area contributed by atoms with Gasteiger partial charge in [0.2, 0.25) is 0 Å². The maximum atomic E-state index is 5.97. The highest BCUT2D eigenvalue weighted by Crippen LogP contribution is 2.21. The quantitative estimate of drug-likeness (QED) is 0.720. The van der Waals surface area contributed by atoms with Crippen molar-refractivity contribution in [2.75, 3.05) is 0 Å². The molecule has 3 rings (SSSR count). The minimum absolute atomic E-state index is 0.707. The lowest BCUT2D eigenvalue weighted by Crippen LogP contribution is -1.97. The molecule has 3 aromatic rings. The molecule has 0 spiro atoms. The van der Waals surface area contributed by atoms with Gasteiger partial charge in [-0.25, -0.2) is 4.98 Å². The minimum atomic E-state index is 0.707. The third-order valence-electron chi connectivity index (χ3n) is 2.72. The number of imidazole rings is 1. The summed E-state index contributed by atoms with van der Waals surface area (Å²) in [6.45, 7) is 2.74. The maximum Gasteiger partial charge on any atom is 0.178 e. The average Bonchev–Trinajstić information content (AvgIpc) is 2.84. The van der Waals surface area contributed by atoms with E-state index in [9.17, 15) is 0 Å². The SMILES string of the molecule is Cc1ncc(Cn2c(=S)[nH]c3cc(Cl)ccc32)s1. The second-order valence-electron chi connectivity index (χ2n) is 4.02. The average molecular weight is 296 g/mol. The Balaban J connectivity index is 2.11. The standard InChI is InChI=1S/C12H10ClN3S2/c1-7-14-5-9(18-7)6-16-11-3-2-8(13)4-10(11)15-12(16)17/h2-5H,6H2,1H3,(H,15,17). The van der Waals surface area contributed by atoms with Crippen molar-refractivity contribution < 1.29 is 0 Å². The van der Waals surface area contributed by atoms with E-state index in [4.69, 9.17) is 23.8 Å². The van der Waals surface area contributed by atoms with Crippen LogP contribution >= 0.6 is 35.2 Å². The first kappa shape index (κ1) is 11.9. The van der Waals surface area contributed by atoms with Gasteiger partial charge < -0.3 is 9.55 Å². The second kappa shape index (κ2) is 4.50. The maximum absolute atomic E-state index is 5.97. The first-order chi connectivity index (χ1) is 8.63. The highest BCUT2D eigenvalue weighted by Gasteiger charge is 2.07. The molecule has 1 aromatic carbocycles. The molecule has 0 amide bonds. The molecule has 0 aliphatic carbocycles. The highest BCUT2D eigenvalue weighted by atomic mass is 35.5. The summed E-state index contributed by atoms with van der Waals surface area (Å²) in [5.41, 5.74) is 2.03. The Labute approximate surface area is 118 Å². The summed E-state index contributed by atoms with van der Waals surface area (Å²) >= 11 is 13.0. The number of hydrogen-bond donors (Lipinski definition) is 1. The second-order valence-corrected chi connectivity index (χ2v) is 6.17. The summed E-state index contributed by atoms with van der Waals surface area (Å²) in [6.07, 6.45) is 1.90. The first-order valence-corrected chi connectivity index (χ1v) is 7.03. The molecule has 0 saturated heterocycles. The van der Waals surface area contributed by atoms with Crippen molar-refractivity contribution in [2.45, 2.75) is 13.5 Å². The predicted octanol–water partition coefficient (Wildman–Crippen LogP) is 4.17. The third-order valence-corrected chi connectivity index (χ3v) is 4.17. The molecule has 6 heteroatoms. The van der Waals surface area contributed by atoms with E-state index < -0.39 is 0 Å². The number of hydrogen-bond acceptors (Lipinski definition) is 3. The van der Waals surface area contributed by atoms with Gasteiger partial charge in [0, 0.05) is 16.1 Å². The Kier molecular flexibility index (Phi) is 2.97. The normalized spacial score (nSPS) is 11.2. The van der Waals surface area contributed by atoms with E-state index in [0.29, 0.717) is 9.79 Å². The summed E-state index contributed by atoms with van der Waals surface area (Å²) < 4.78 is 2.77. The van der Waals surface area contributed by atoms with Gasteiger partial charge in [-0.2, -0.15) is 0 Å². The number of fused-ring (bicyclic) bond motifs is 1. The summed E-state index contributed by atoms with van der Waals surface area (Å²) in [6, 6.07) is 5.75. The van der Waals surface area contributed by atoms with Crippen molar-refractivity contribution in [3.8, 4) is 0 Å². The van der Waals surface area contributed by atoms with Gasteiger partial charge in [-0.3, -0.25) is 0 Å². The van der Waals surface area contributed by atoms with Crippen LogP contribution in [0.2, 0.25) is 5.02 Å². The molecule has 0 fully saturated rings. The Bertz CT molecular complexity index is 769. The summed E-state index contributed by atoms with van der Waals surface area (Å²) in [5, 5.41) is 1.78. The zero-order valence-electron chi connectivity index (χ0n) is 9.61. The van der Waals surface area contributed by atoms with Crippen molar-refractivity contribution in [1.29, 1.82) is 0 Å². The number of halogens is 1. The highest BCUT2D eigenvalue weighted by molar-refractivity contribution is 7.71. The van der Waals surface area contributed by atoms with Gasteiger partial charge in [0.05, 0.1) is 22.6 Å². The fraction of sp³-hybridized carbons (Fsp3) is 0.167. The van der Waals surface area contributed by atoms with E-state index in [1.165, 1.54) is 4.88 Å². The molecule has 0 atom stereocenters. The number of H-pyrrole nitrogens is 1. The van der Waals surface area contributed by atoms with Gasteiger partial charge in [0.1, 0.15) is 0 Å². The van der Waals surface area contributed by atoms with Crippen LogP contribution in [0.3, 0.4) is 0 Å². The largest absolute Gasteiger partial charge is 0.331 e. The van der Waals surface area contributed by atoms with Crippen LogP contribution in [0, 0.1) is 11.7 Å². The Hall–Kier alpha value is -1.17. The molecule has 0 radical (unpaired) electrons. The molecule has 0 bridgehead atoms. The Morgan fingerprint density at radius 3 is 3.06 bits per heavy atom. The summed E-state index contributed by atoms with van der Waals surface area (Å²) in [4.78, 5) is 8.63. The third kappa shape index (κ3) is 2.09. The van der Waals surface area contributed by atoms with E-state index in [0.717, 1.165) is 22.6 Å². The lowest BCUT2D eigenvalue weighted by atomic mass is 10.3. The van der Waals surface area contributed by atoms with E-state index in [-0.39, 0.29) is 0 Å². The van der Waals surface area contributed by atoms with Gasteiger partial charge in [-0.15, -0.1) is 11.3 Å². The fourth-order valence-electron chi connectivity index (χ4n) is 1.93. The molecule has 2 heterocycles. The molecule has 0 aliphatic heterocycles. The monoisotopic (exact) mass is 295 g/mol. The molecular weight excluding hydrogens is 286 g/mol. The zero-order valence-corrected chi connectivity index (χ0v) is 12.0. The van der Waals surface area contributed by atoms with Crippen LogP contribution in [0.4, 0.5) is 0 Å². The van der Waals surface area contributed by atoms with Gasteiger partial charge in [0.15, 0.2) is 4.77 Å². The van der Waals surface area contributed by atoms with Crippen molar-refractivity contribution in [2.24, 2.45) is 0 Å². The predicted molar refractivity (Wildman–Crippen MR) is 78.1 cm³/mol. The number of rotatable bonds is 2. The number of nitrogens with one attached hydrogen (secondary N) is 1. The van der Waals surface area contributed by atoms with E-state index in [1.54, 1.807) is 11.3 Å². The van der Waals surface area contributed by atoms with E-state index >= 15 is 0 Å². The molecule has 0 saturated carbocycles. The van der Waals surface area contributed by atoms with Gasteiger partial charge >= 0.3 is 0 Å². The Morgan fingerprint density at radius 1 is 1.50 bits per heavy atom. The summed E-state index contributed by atoms with van der Waals surface area (Å²) in [7, 11) is 0. The molecule has 18 heavy (non-hydrogen) atoms. The number of nitrogens with zero attached hydrogens (tertiary/aromatic N) is 2. The smallest absolute Gasteiger partial charge is 0.178 e. The number of benzene rings is 1. The summed E-state index contributed by atoms with van der Waals surface area (Å²) in [5.74, 6) is 0. The van der Waals surface area contributed by atoms with Crippen molar-refractivity contribution in [3.05, 3.63) is 44.1 Å². The van der Waals surface area contributed by atoms with Crippen LogP contribution in [-0.2, 0) is 6.54 Å². The van der Waals surface area contributed by atoms with Crippen LogP contribution in [0.25, 0.3) is 11.0 Å². The van der Waals surface area contributed by atoms with Crippen LogP contribution in [0.15, 0.2) is 24.4 Å². The van der Waals surface area contributed by atoms with E-state index in [1.807, 2.05) is 31.3 Å². The van der Waals surface area contributed by atoms with Gasteiger partial charge in [0.25, 0.3) is 0 Å². The lowest BCUT2D eigenvalue weighted by molar-refractivity contribution is 0.821. The molecule has 92 valence electrons. The Morgan fingerprint density at radius 2 is 2.33 bits per heavy atom. The number of aromatic nitrogens is 3. The number of aryl methyl sites for hydroxylation is 1. The molecule has 1 N–H and O–H groups in total. The molecule has 0 aliphatic rings. The van der Waals surface area contributed by atoms with Crippen molar-refractivity contribution in [1.82, 2.24) is 14.5 Å². The van der Waals surface area contributed by atoms with Crippen molar-refractivity contribution in [3.63, 3.8) is 0 Å². The number of aromatic amines is 1. The molecule has 0 unspecified atom stereocenters. The van der Waals surface area contributed by atoms with Gasteiger partial charge in [-0.1, -0.05) is 11.6 Å². The zero-order chi connectivity index (χ0) is 12.7. The van der Waals surface area contributed by atoms with Crippen LogP contribution in [0.5, 0.6) is 0 Å². The van der Waals surface area contributed by atoms with Crippen molar-refractivity contribution >= 4 is 46.2 Å². The minimum Gasteiger partial charge on any atom is -0.331 e. The molecule has 2 aromatic heterocycles. The number of thiazole rings is 1. The van der Waals surface area contributed by atoms with Crippen LogP contribution < -0.4 is 0 Å².